The molecule has 0 spiro atoms. The van der Waals surface area contributed by atoms with Gasteiger partial charge in [0.2, 0.25) is 11.8 Å². The third-order valence-electron chi connectivity index (χ3n) is 6.94. The minimum Gasteiger partial charge on any atom is -0.381 e. The van der Waals surface area contributed by atoms with E-state index in [0.717, 1.165) is 58.4 Å². The number of carbonyl (C=O) groups excluding carboxylic acids is 2. The molecule has 2 unspecified atom stereocenters. The zero-order valence-corrected chi connectivity index (χ0v) is 15.7. The van der Waals surface area contributed by atoms with Gasteiger partial charge in [0, 0.05) is 50.7 Å². The highest BCUT2D eigenvalue weighted by molar-refractivity contribution is 5.83. The maximum Gasteiger partial charge on any atom is 0.226 e. The molecule has 0 aromatic rings. The lowest BCUT2D eigenvalue weighted by molar-refractivity contribution is -0.152. The van der Waals surface area contributed by atoms with Gasteiger partial charge in [-0.3, -0.25) is 9.59 Å². The third-order valence-corrected chi connectivity index (χ3v) is 6.94. The molecule has 3 aliphatic heterocycles. The van der Waals surface area contributed by atoms with E-state index >= 15 is 0 Å². The molecule has 3 heterocycles. The lowest BCUT2D eigenvalue weighted by Gasteiger charge is -2.50. The van der Waals surface area contributed by atoms with Gasteiger partial charge >= 0.3 is 0 Å². The normalized spacial score (nSPS) is 34.7. The molecule has 0 aromatic carbocycles. The van der Waals surface area contributed by atoms with Crippen molar-refractivity contribution in [1.82, 2.24) is 9.80 Å². The van der Waals surface area contributed by atoms with Crippen LogP contribution in [-0.2, 0) is 14.3 Å². The number of carbonyl (C=O) groups is 2. The molecule has 2 amide bonds. The highest BCUT2D eigenvalue weighted by Gasteiger charge is 2.53. The first-order valence-corrected chi connectivity index (χ1v) is 10.1. The second-order valence-corrected chi connectivity index (χ2v) is 9.29. The number of nitrogens with zero attached hydrogens (tertiary/aromatic N) is 2. The van der Waals surface area contributed by atoms with Crippen LogP contribution in [0.3, 0.4) is 0 Å². The van der Waals surface area contributed by atoms with E-state index in [9.17, 15) is 9.59 Å². The number of hydrogen-bond acceptors (Lipinski definition) is 3. The Morgan fingerprint density at radius 3 is 2.20 bits per heavy atom. The van der Waals surface area contributed by atoms with E-state index in [4.69, 9.17) is 4.74 Å². The summed E-state index contributed by atoms with van der Waals surface area (Å²) in [5.74, 6) is 1.34. The fourth-order valence-corrected chi connectivity index (χ4v) is 5.11. The predicted octanol–water partition coefficient (Wildman–Crippen LogP) is 2.44. The van der Waals surface area contributed by atoms with E-state index in [-0.39, 0.29) is 23.4 Å². The van der Waals surface area contributed by atoms with E-state index in [2.05, 4.69) is 23.6 Å². The zero-order chi connectivity index (χ0) is 17.6. The number of piperazine rings is 1. The van der Waals surface area contributed by atoms with Gasteiger partial charge in [-0.1, -0.05) is 13.8 Å². The highest BCUT2D eigenvalue weighted by Crippen LogP contribution is 2.52. The van der Waals surface area contributed by atoms with Gasteiger partial charge in [0.1, 0.15) is 0 Å². The van der Waals surface area contributed by atoms with E-state index < -0.39 is 0 Å². The first kappa shape index (κ1) is 17.3. The lowest BCUT2D eigenvalue weighted by atomic mass is 9.88. The summed E-state index contributed by atoms with van der Waals surface area (Å²) in [4.78, 5) is 30.0. The van der Waals surface area contributed by atoms with Crippen LogP contribution in [0.15, 0.2) is 0 Å². The Morgan fingerprint density at radius 1 is 1.04 bits per heavy atom. The first-order valence-electron chi connectivity index (χ1n) is 10.1. The van der Waals surface area contributed by atoms with Gasteiger partial charge in [-0.15, -0.1) is 0 Å². The summed E-state index contributed by atoms with van der Waals surface area (Å²) in [6.45, 7) is 7.46. The Bertz CT molecular complexity index is 527. The van der Waals surface area contributed by atoms with Gasteiger partial charge < -0.3 is 14.5 Å². The minimum absolute atomic E-state index is 0.183. The summed E-state index contributed by atoms with van der Waals surface area (Å²) >= 11 is 0. The number of amides is 2. The van der Waals surface area contributed by atoms with Crippen molar-refractivity contribution in [2.45, 2.75) is 70.9 Å². The van der Waals surface area contributed by atoms with Crippen LogP contribution in [0.5, 0.6) is 0 Å². The van der Waals surface area contributed by atoms with Crippen molar-refractivity contribution in [3.63, 3.8) is 0 Å². The number of hydrogen-bond donors (Lipinski definition) is 0. The molecule has 4 fully saturated rings. The molecule has 4 rings (SSSR count). The summed E-state index contributed by atoms with van der Waals surface area (Å²) in [5, 5.41) is 0. The van der Waals surface area contributed by atoms with Crippen molar-refractivity contribution in [2.75, 3.05) is 26.3 Å². The van der Waals surface area contributed by atoms with Crippen molar-refractivity contribution in [1.29, 1.82) is 0 Å². The number of rotatable bonds is 3. The van der Waals surface area contributed by atoms with E-state index in [1.807, 2.05) is 0 Å². The van der Waals surface area contributed by atoms with Crippen molar-refractivity contribution >= 4 is 11.8 Å². The van der Waals surface area contributed by atoms with Gasteiger partial charge in [0.15, 0.2) is 0 Å². The Balaban J connectivity index is 1.39. The van der Waals surface area contributed by atoms with Gasteiger partial charge in [0.25, 0.3) is 0 Å². The Kier molecular flexibility index (Phi) is 4.55. The van der Waals surface area contributed by atoms with Gasteiger partial charge in [-0.25, -0.2) is 0 Å². The quantitative estimate of drug-likeness (QED) is 0.787. The average molecular weight is 348 g/mol. The zero-order valence-electron chi connectivity index (χ0n) is 15.7. The van der Waals surface area contributed by atoms with E-state index in [1.54, 1.807) is 0 Å². The molecule has 1 saturated carbocycles. The fourth-order valence-electron chi connectivity index (χ4n) is 5.11. The molecule has 0 N–H and O–H groups in total. The summed E-state index contributed by atoms with van der Waals surface area (Å²) in [6.07, 6.45) is 6.99. The molecule has 0 aromatic heterocycles. The Hall–Kier alpha value is -1.10. The van der Waals surface area contributed by atoms with Gasteiger partial charge in [-0.05, 0) is 49.9 Å². The van der Waals surface area contributed by atoms with Crippen molar-refractivity contribution in [3.8, 4) is 0 Å². The largest absolute Gasteiger partial charge is 0.381 e. The lowest BCUT2D eigenvalue weighted by Crippen LogP contribution is -2.63. The maximum atomic E-state index is 13.0. The Labute approximate surface area is 151 Å². The first-order chi connectivity index (χ1) is 12.0. The van der Waals surface area contributed by atoms with Crippen LogP contribution in [0.25, 0.3) is 0 Å². The summed E-state index contributed by atoms with van der Waals surface area (Å²) in [5.41, 5.74) is 0.183. The van der Waals surface area contributed by atoms with Gasteiger partial charge in [-0.2, -0.15) is 0 Å². The summed E-state index contributed by atoms with van der Waals surface area (Å²) in [6, 6.07) is 0.483. The molecule has 5 heteroatoms. The topological polar surface area (TPSA) is 49.9 Å². The molecular weight excluding hydrogens is 316 g/mol. The molecule has 2 bridgehead atoms. The molecule has 4 aliphatic rings. The average Bonchev–Trinajstić information content (AvgIpc) is 3.22. The van der Waals surface area contributed by atoms with Crippen molar-refractivity contribution in [3.05, 3.63) is 0 Å². The molecule has 3 atom stereocenters. The second kappa shape index (κ2) is 6.57. The second-order valence-electron chi connectivity index (χ2n) is 9.29. The van der Waals surface area contributed by atoms with Crippen LogP contribution in [0.1, 0.15) is 58.8 Å². The van der Waals surface area contributed by atoms with Crippen molar-refractivity contribution in [2.24, 2.45) is 17.3 Å². The molecule has 1 aliphatic carbocycles. The van der Waals surface area contributed by atoms with E-state index in [1.165, 1.54) is 6.42 Å². The number of fused-ring (bicyclic) bond motifs is 2. The van der Waals surface area contributed by atoms with Crippen LogP contribution >= 0.6 is 0 Å². The summed E-state index contributed by atoms with van der Waals surface area (Å²) < 4.78 is 5.42. The Morgan fingerprint density at radius 2 is 1.64 bits per heavy atom. The molecule has 3 saturated heterocycles. The molecule has 5 nitrogen and oxygen atoms in total. The highest BCUT2D eigenvalue weighted by atomic mass is 16.5. The smallest absolute Gasteiger partial charge is 0.226 e. The molecule has 25 heavy (non-hydrogen) atoms. The number of likely N-dealkylation sites (tertiary alicyclic amines) is 1. The minimum atomic E-state index is 0.183. The molecule has 0 radical (unpaired) electrons. The monoisotopic (exact) mass is 348 g/mol. The predicted molar refractivity (Wildman–Crippen MR) is 94.9 cm³/mol. The number of ether oxygens (including phenoxy) is 1. The SMILES string of the molecule is CC1(C)C[C@@H]1C(=O)N1CC2CCCC(C1)N2C(=O)CC1CCOCC1. The summed E-state index contributed by atoms with van der Waals surface area (Å²) in [7, 11) is 0. The van der Waals surface area contributed by atoms with Crippen LogP contribution in [0, 0.1) is 17.3 Å². The molecular formula is C20H32N2O3. The maximum absolute atomic E-state index is 13.0. The van der Waals surface area contributed by atoms with Gasteiger partial charge in [0.05, 0.1) is 0 Å². The van der Waals surface area contributed by atoms with Crippen LogP contribution in [0.4, 0.5) is 0 Å². The number of piperidine rings is 1. The van der Waals surface area contributed by atoms with E-state index in [0.29, 0.717) is 24.2 Å². The fraction of sp³-hybridized carbons (Fsp3) is 0.900. The van der Waals surface area contributed by atoms with Crippen LogP contribution in [-0.4, -0.2) is 60.0 Å². The van der Waals surface area contributed by atoms with Crippen LogP contribution in [0.2, 0.25) is 0 Å². The van der Waals surface area contributed by atoms with Crippen molar-refractivity contribution < 1.29 is 14.3 Å². The molecule has 140 valence electrons. The third kappa shape index (κ3) is 3.44. The van der Waals surface area contributed by atoms with Crippen LogP contribution < -0.4 is 0 Å². The standard InChI is InChI=1S/C20H32N2O3/c1-20(2)11-17(20)19(24)21-12-15-4-3-5-16(13-21)22(15)18(23)10-14-6-8-25-9-7-14/h14-17H,3-13H2,1-2H3/t15?,16?,17-/m1/s1.